The van der Waals surface area contributed by atoms with Gasteiger partial charge in [-0.15, -0.1) is 0 Å². The summed E-state index contributed by atoms with van der Waals surface area (Å²) in [6, 6.07) is 11.1. The number of hydrogen-bond acceptors (Lipinski definition) is 1. The molecule has 0 amide bonds. The molecule has 0 N–H and O–H groups in total. The van der Waals surface area contributed by atoms with Crippen molar-refractivity contribution >= 4 is 19.4 Å². The van der Waals surface area contributed by atoms with E-state index in [2.05, 4.69) is 92.6 Å². The highest BCUT2D eigenvalue weighted by Crippen LogP contribution is 2.32. The lowest BCUT2D eigenvalue weighted by molar-refractivity contribution is 0.108. The van der Waals surface area contributed by atoms with Gasteiger partial charge in [-0.2, -0.15) is 0 Å². The zero-order chi connectivity index (χ0) is 20.5. The lowest BCUT2D eigenvalue weighted by Gasteiger charge is -2.22. The van der Waals surface area contributed by atoms with Crippen LogP contribution in [0.2, 0.25) is 0 Å². The lowest BCUT2D eigenvalue weighted by Crippen LogP contribution is -2.15. The van der Waals surface area contributed by atoms with Crippen molar-refractivity contribution in [2.75, 3.05) is 0 Å². The molecular weight excluding hydrogens is 347 g/mol. The Morgan fingerprint density at radius 1 is 0.889 bits per heavy atom. The van der Waals surface area contributed by atoms with E-state index in [0.717, 1.165) is 16.7 Å². The quantitative estimate of drug-likeness (QED) is 0.509. The predicted octanol–water partition coefficient (Wildman–Crippen LogP) is 6.99. The summed E-state index contributed by atoms with van der Waals surface area (Å²) < 4.78 is 0. The van der Waals surface area contributed by atoms with Crippen molar-refractivity contribution in [2.45, 2.75) is 79.6 Å². The fourth-order valence-electron chi connectivity index (χ4n) is 3.48. The molecule has 0 aliphatic carbocycles. The van der Waals surface area contributed by atoms with Crippen LogP contribution in [0.3, 0.4) is 0 Å². The molecule has 0 heterocycles. The van der Waals surface area contributed by atoms with Crippen molar-refractivity contribution in [1.29, 1.82) is 0 Å². The summed E-state index contributed by atoms with van der Waals surface area (Å²) in [5.41, 5.74) is 7.36. The van der Waals surface area contributed by atoms with Crippen LogP contribution < -0.4 is 5.30 Å². The first kappa shape index (κ1) is 21.8. The molecule has 2 rings (SSSR count). The van der Waals surface area contributed by atoms with E-state index < -0.39 is 0 Å². The van der Waals surface area contributed by atoms with Crippen molar-refractivity contribution in [2.24, 2.45) is 0 Å². The van der Waals surface area contributed by atoms with E-state index in [1.54, 1.807) is 0 Å². The SMILES string of the molecule is Cc1cc(C(C)(C)C)cc(C)c1C(=O)Pc1cc(C(C)C)ccc1C(C)C. The monoisotopic (exact) mass is 382 g/mol. The number of carbonyl (C=O) groups excluding carboxylic acids is 1. The van der Waals surface area contributed by atoms with Crippen molar-refractivity contribution < 1.29 is 4.79 Å². The summed E-state index contributed by atoms with van der Waals surface area (Å²) in [5.74, 6) is 0.895. The van der Waals surface area contributed by atoms with Crippen molar-refractivity contribution in [3.05, 3.63) is 63.7 Å². The maximum atomic E-state index is 13.3. The van der Waals surface area contributed by atoms with Gasteiger partial charge < -0.3 is 0 Å². The highest BCUT2D eigenvalue weighted by Gasteiger charge is 2.21. The summed E-state index contributed by atoms with van der Waals surface area (Å²) in [5, 5.41) is 1.21. The second-order valence-corrected chi connectivity index (χ2v) is 10.6. The van der Waals surface area contributed by atoms with Gasteiger partial charge in [-0.05, 0) is 72.8 Å². The van der Waals surface area contributed by atoms with Crippen molar-refractivity contribution in [3.8, 4) is 0 Å². The highest BCUT2D eigenvalue weighted by molar-refractivity contribution is 7.66. The molecule has 2 aromatic carbocycles. The van der Waals surface area contributed by atoms with E-state index in [0.29, 0.717) is 11.8 Å². The Labute approximate surface area is 167 Å². The maximum absolute atomic E-state index is 13.3. The second-order valence-electron chi connectivity index (χ2n) is 9.35. The smallest absolute Gasteiger partial charge is 0.186 e. The molecule has 0 radical (unpaired) electrons. The fraction of sp³-hybridized carbons (Fsp3) is 0.480. The first-order valence-corrected chi connectivity index (χ1v) is 11.0. The summed E-state index contributed by atoms with van der Waals surface area (Å²) in [7, 11) is 0.174. The van der Waals surface area contributed by atoms with Crippen LogP contribution in [0.25, 0.3) is 0 Å². The van der Waals surface area contributed by atoms with Gasteiger partial charge >= 0.3 is 0 Å². The molecule has 27 heavy (non-hydrogen) atoms. The summed E-state index contributed by atoms with van der Waals surface area (Å²) in [4.78, 5) is 13.3. The molecule has 1 nitrogen and oxygen atoms in total. The van der Waals surface area contributed by atoms with Gasteiger partial charge in [0, 0.05) is 5.56 Å². The molecule has 0 fully saturated rings. The minimum atomic E-state index is 0.0930. The third kappa shape index (κ3) is 5.08. The Hall–Kier alpha value is -1.46. The molecule has 0 aliphatic heterocycles. The van der Waals surface area contributed by atoms with Crippen LogP contribution in [0.1, 0.15) is 98.5 Å². The van der Waals surface area contributed by atoms with Gasteiger partial charge in [-0.1, -0.05) is 78.8 Å². The highest BCUT2D eigenvalue weighted by atomic mass is 31.1. The number of carbonyl (C=O) groups is 1. The molecule has 2 heteroatoms. The molecule has 0 aliphatic rings. The van der Waals surface area contributed by atoms with Crippen LogP contribution in [0, 0.1) is 13.8 Å². The Kier molecular flexibility index (Phi) is 6.69. The Bertz CT molecular complexity index is 815. The molecule has 2 aromatic rings. The fourth-order valence-corrected chi connectivity index (χ4v) is 5.00. The molecular formula is C25H35OP. The summed E-state index contributed by atoms with van der Waals surface area (Å²) in [6.07, 6.45) is 0. The van der Waals surface area contributed by atoms with Gasteiger partial charge in [0.25, 0.3) is 0 Å². The second kappa shape index (κ2) is 8.27. The van der Waals surface area contributed by atoms with Gasteiger partial charge in [0.15, 0.2) is 5.52 Å². The van der Waals surface area contributed by atoms with Gasteiger partial charge in [-0.3, -0.25) is 4.79 Å². The van der Waals surface area contributed by atoms with E-state index in [1.165, 1.54) is 22.0 Å². The van der Waals surface area contributed by atoms with Crippen LogP contribution in [-0.4, -0.2) is 5.52 Å². The van der Waals surface area contributed by atoms with Crippen LogP contribution in [0.4, 0.5) is 0 Å². The standard InChI is InChI=1S/C25H35OP/c1-15(2)19-10-11-21(16(3)4)22(14-19)27-24(26)23-17(5)12-20(13-18(23)6)25(7,8)9/h10-16,27H,1-9H3. The largest absolute Gasteiger partial charge is 0.289 e. The number of rotatable bonds is 5. The Morgan fingerprint density at radius 2 is 1.44 bits per heavy atom. The molecule has 0 saturated heterocycles. The molecule has 1 atom stereocenters. The van der Waals surface area contributed by atoms with Crippen molar-refractivity contribution in [1.82, 2.24) is 0 Å². The van der Waals surface area contributed by atoms with Crippen LogP contribution >= 0.6 is 8.58 Å². The van der Waals surface area contributed by atoms with Crippen LogP contribution in [0.15, 0.2) is 30.3 Å². The summed E-state index contributed by atoms with van der Waals surface area (Å²) >= 11 is 0. The molecule has 0 saturated carbocycles. The number of benzene rings is 2. The number of aryl methyl sites for hydroxylation is 2. The lowest BCUT2D eigenvalue weighted by atomic mass is 9.84. The predicted molar refractivity (Wildman–Crippen MR) is 122 cm³/mol. The van der Waals surface area contributed by atoms with Gasteiger partial charge in [0.2, 0.25) is 0 Å². The zero-order valence-electron chi connectivity index (χ0n) is 18.4. The van der Waals surface area contributed by atoms with E-state index in [1.807, 2.05) is 0 Å². The first-order valence-electron chi connectivity index (χ1n) is 9.98. The average Bonchev–Trinajstić information content (AvgIpc) is 2.52. The van der Waals surface area contributed by atoms with Gasteiger partial charge in [-0.25, -0.2) is 0 Å². The topological polar surface area (TPSA) is 17.1 Å². The minimum Gasteiger partial charge on any atom is -0.289 e. The molecule has 1 unspecified atom stereocenters. The van der Waals surface area contributed by atoms with Crippen LogP contribution in [0.5, 0.6) is 0 Å². The minimum absolute atomic E-state index is 0.0930. The molecule has 0 bridgehead atoms. The van der Waals surface area contributed by atoms with E-state index >= 15 is 0 Å². The van der Waals surface area contributed by atoms with E-state index in [9.17, 15) is 4.79 Å². The first-order chi connectivity index (χ1) is 12.4. The Balaban J connectivity index is 2.45. The molecule has 146 valence electrons. The maximum Gasteiger partial charge on any atom is 0.186 e. The van der Waals surface area contributed by atoms with E-state index in [-0.39, 0.29) is 19.5 Å². The third-order valence-corrected chi connectivity index (χ3v) is 6.42. The van der Waals surface area contributed by atoms with Gasteiger partial charge in [0.1, 0.15) is 0 Å². The van der Waals surface area contributed by atoms with Crippen molar-refractivity contribution in [3.63, 3.8) is 0 Å². The average molecular weight is 383 g/mol. The normalized spacial score (nSPS) is 12.6. The third-order valence-electron chi connectivity index (χ3n) is 5.24. The molecule has 0 aromatic heterocycles. The van der Waals surface area contributed by atoms with E-state index in [4.69, 9.17) is 0 Å². The number of hydrogen-bond donors (Lipinski definition) is 0. The van der Waals surface area contributed by atoms with Crippen LogP contribution in [-0.2, 0) is 5.41 Å². The molecule has 0 spiro atoms. The van der Waals surface area contributed by atoms with Gasteiger partial charge in [0.05, 0.1) is 0 Å². The Morgan fingerprint density at radius 3 is 1.89 bits per heavy atom. The zero-order valence-corrected chi connectivity index (χ0v) is 19.4. The summed E-state index contributed by atoms with van der Waals surface area (Å²) in [6.45, 7) is 19.6.